The Labute approximate surface area is 166 Å². The first kappa shape index (κ1) is 21.9. The molecule has 0 aromatic heterocycles. The summed E-state index contributed by atoms with van der Waals surface area (Å²) in [5.41, 5.74) is 4.09. The maximum absolute atomic E-state index is 11.6. The molecule has 0 fully saturated rings. The van der Waals surface area contributed by atoms with E-state index in [2.05, 4.69) is 5.32 Å². The van der Waals surface area contributed by atoms with Gasteiger partial charge in [-0.25, -0.2) is 0 Å². The van der Waals surface area contributed by atoms with Gasteiger partial charge in [-0.15, -0.1) is 0 Å². The van der Waals surface area contributed by atoms with Crippen molar-refractivity contribution in [3.8, 4) is 0 Å². The van der Waals surface area contributed by atoms with Crippen molar-refractivity contribution in [2.24, 2.45) is 0 Å². The molecule has 0 bridgehead atoms. The maximum atomic E-state index is 11.6. The van der Waals surface area contributed by atoms with Gasteiger partial charge in [-0.1, -0.05) is 41.9 Å². The van der Waals surface area contributed by atoms with Crippen molar-refractivity contribution >= 4 is 21.7 Å². The first-order valence-electron chi connectivity index (χ1n) is 8.70. The molecule has 2 atom stereocenters. The minimum absolute atomic E-state index is 0.00736. The van der Waals surface area contributed by atoms with E-state index in [-0.39, 0.29) is 25.2 Å². The largest absolute Gasteiger partial charge is 0.381 e. The lowest BCUT2D eigenvalue weighted by Crippen LogP contribution is -2.30. The summed E-state index contributed by atoms with van der Waals surface area (Å²) < 4.78 is 28.5. The molecular formula is C20H26ClNO4S. The molecule has 27 heavy (non-hydrogen) atoms. The molecule has 148 valence electrons. The van der Waals surface area contributed by atoms with Gasteiger partial charge in [-0.05, 0) is 48.2 Å². The van der Waals surface area contributed by atoms with Crippen molar-refractivity contribution in [2.45, 2.75) is 25.7 Å². The van der Waals surface area contributed by atoms with Gasteiger partial charge in [0, 0.05) is 23.4 Å². The van der Waals surface area contributed by atoms with Gasteiger partial charge in [0.05, 0.1) is 19.6 Å². The van der Waals surface area contributed by atoms with Crippen LogP contribution in [0.1, 0.15) is 34.1 Å². The summed E-state index contributed by atoms with van der Waals surface area (Å²) >= 11 is 6.23. The van der Waals surface area contributed by atoms with Crippen molar-refractivity contribution in [3.05, 3.63) is 69.7 Å². The van der Waals surface area contributed by atoms with Crippen LogP contribution >= 0.6 is 11.6 Å². The second-order valence-electron chi connectivity index (χ2n) is 6.67. The summed E-state index contributed by atoms with van der Waals surface area (Å²) in [7, 11) is -3.59. The summed E-state index contributed by atoms with van der Waals surface area (Å²) in [5.74, 6) is -0.379. The van der Waals surface area contributed by atoms with E-state index < -0.39 is 10.1 Å². The molecule has 0 aliphatic heterocycles. The van der Waals surface area contributed by atoms with Crippen molar-refractivity contribution in [1.82, 2.24) is 5.32 Å². The zero-order valence-corrected chi connectivity index (χ0v) is 17.3. The molecule has 0 spiro atoms. The van der Waals surface area contributed by atoms with Crippen LogP contribution in [0.25, 0.3) is 0 Å². The molecule has 0 saturated heterocycles. The van der Waals surface area contributed by atoms with Gasteiger partial charge < -0.3 is 5.11 Å². The number of hydrogen-bond acceptors (Lipinski definition) is 5. The zero-order chi connectivity index (χ0) is 20.0. The molecular weight excluding hydrogens is 386 g/mol. The number of aliphatic hydroxyl groups excluding tert-OH is 1. The molecule has 5 nitrogen and oxygen atoms in total. The Hall–Kier alpha value is -1.44. The Balaban J connectivity index is 2.54. The standard InChI is InChI=1S/C20H26ClNO4S/c1-14-6-4-5-7-17(14)20(12-26-27(3,24)25)19(11-22-13-23)18-10-16(21)9-8-15(18)2/h4-10,19-20,22-23H,11-13H2,1-3H3/t19-,20-/m0/s1. The monoisotopic (exact) mass is 411 g/mol. The molecule has 2 rings (SSSR count). The fourth-order valence-corrected chi connectivity index (χ4v) is 3.90. The summed E-state index contributed by atoms with van der Waals surface area (Å²) in [6, 6.07) is 13.5. The normalized spacial score (nSPS) is 14.1. The van der Waals surface area contributed by atoms with Crippen LogP contribution in [0.15, 0.2) is 42.5 Å². The number of aryl methyl sites for hydroxylation is 2. The van der Waals surface area contributed by atoms with E-state index in [1.54, 1.807) is 0 Å². The smallest absolute Gasteiger partial charge is 0.264 e. The maximum Gasteiger partial charge on any atom is 0.264 e. The van der Waals surface area contributed by atoms with Gasteiger partial charge in [0.15, 0.2) is 0 Å². The minimum atomic E-state index is -3.59. The first-order chi connectivity index (χ1) is 12.7. The van der Waals surface area contributed by atoms with E-state index in [4.69, 9.17) is 15.8 Å². The molecule has 0 radical (unpaired) electrons. The molecule has 2 aromatic carbocycles. The predicted octanol–water partition coefficient (Wildman–Crippen LogP) is 3.34. The van der Waals surface area contributed by atoms with Crippen molar-refractivity contribution < 1.29 is 17.7 Å². The molecule has 7 heteroatoms. The zero-order valence-electron chi connectivity index (χ0n) is 15.8. The number of hydrogen-bond donors (Lipinski definition) is 2. The van der Waals surface area contributed by atoms with Gasteiger partial charge in [-0.2, -0.15) is 8.42 Å². The number of aliphatic hydroxyl groups is 1. The Morgan fingerprint density at radius 3 is 2.37 bits per heavy atom. The van der Waals surface area contributed by atoms with Crippen LogP contribution in [0.2, 0.25) is 5.02 Å². The Morgan fingerprint density at radius 1 is 1.07 bits per heavy atom. The summed E-state index contributed by atoms with van der Waals surface area (Å²) in [6.07, 6.45) is 1.05. The molecule has 2 aromatic rings. The topological polar surface area (TPSA) is 75.6 Å². The lowest BCUT2D eigenvalue weighted by atomic mass is 9.79. The average molecular weight is 412 g/mol. The minimum Gasteiger partial charge on any atom is -0.381 e. The first-order valence-corrected chi connectivity index (χ1v) is 10.9. The Morgan fingerprint density at radius 2 is 1.74 bits per heavy atom. The molecule has 0 saturated carbocycles. The van der Waals surface area contributed by atoms with Crippen molar-refractivity contribution in [1.29, 1.82) is 0 Å². The summed E-state index contributed by atoms with van der Waals surface area (Å²) in [6.45, 7) is 4.26. The SMILES string of the molecule is Cc1ccc(Cl)cc1[C@H](CNCO)[C@@H](COS(C)(=O)=O)c1ccccc1C. The van der Waals surface area contributed by atoms with Gasteiger partial charge in [0.25, 0.3) is 10.1 Å². The predicted molar refractivity (Wildman–Crippen MR) is 109 cm³/mol. The molecule has 0 aliphatic rings. The van der Waals surface area contributed by atoms with Gasteiger partial charge in [0.2, 0.25) is 0 Å². The highest BCUT2D eigenvalue weighted by molar-refractivity contribution is 7.85. The van der Waals surface area contributed by atoms with Crippen LogP contribution < -0.4 is 5.32 Å². The second kappa shape index (κ2) is 9.66. The molecule has 0 aliphatic carbocycles. The lowest BCUT2D eigenvalue weighted by Gasteiger charge is -2.30. The highest BCUT2D eigenvalue weighted by Crippen LogP contribution is 2.37. The van der Waals surface area contributed by atoms with Crippen molar-refractivity contribution in [2.75, 3.05) is 26.1 Å². The summed E-state index contributed by atoms with van der Waals surface area (Å²) in [4.78, 5) is 0. The lowest BCUT2D eigenvalue weighted by molar-refractivity contribution is 0.238. The highest BCUT2D eigenvalue weighted by atomic mass is 35.5. The number of nitrogens with one attached hydrogen (secondary N) is 1. The Kier molecular flexibility index (Phi) is 7.82. The van der Waals surface area contributed by atoms with Crippen LogP contribution in [0.5, 0.6) is 0 Å². The van der Waals surface area contributed by atoms with E-state index >= 15 is 0 Å². The van der Waals surface area contributed by atoms with Crippen LogP contribution in [-0.2, 0) is 14.3 Å². The van der Waals surface area contributed by atoms with E-state index in [1.807, 2.05) is 56.3 Å². The molecule has 2 N–H and O–H groups in total. The average Bonchev–Trinajstić information content (AvgIpc) is 2.60. The third-order valence-electron chi connectivity index (χ3n) is 4.65. The second-order valence-corrected chi connectivity index (χ2v) is 8.75. The highest BCUT2D eigenvalue weighted by Gasteiger charge is 2.28. The van der Waals surface area contributed by atoms with Crippen LogP contribution in [0, 0.1) is 13.8 Å². The fourth-order valence-electron chi connectivity index (χ4n) is 3.32. The quantitative estimate of drug-likeness (QED) is 0.489. The van der Waals surface area contributed by atoms with Crippen molar-refractivity contribution in [3.63, 3.8) is 0 Å². The van der Waals surface area contributed by atoms with Gasteiger partial charge >= 0.3 is 0 Å². The van der Waals surface area contributed by atoms with E-state index in [0.717, 1.165) is 28.5 Å². The van der Waals surface area contributed by atoms with E-state index in [9.17, 15) is 13.5 Å². The van der Waals surface area contributed by atoms with E-state index in [1.165, 1.54) is 0 Å². The van der Waals surface area contributed by atoms with Crippen LogP contribution in [0.4, 0.5) is 0 Å². The third-order valence-corrected chi connectivity index (χ3v) is 5.45. The molecule has 0 amide bonds. The Bertz CT molecular complexity index is 870. The van der Waals surface area contributed by atoms with Crippen LogP contribution in [0.3, 0.4) is 0 Å². The number of rotatable bonds is 9. The third kappa shape index (κ3) is 6.30. The van der Waals surface area contributed by atoms with Gasteiger partial charge in [-0.3, -0.25) is 9.50 Å². The van der Waals surface area contributed by atoms with E-state index in [0.29, 0.717) is 11.6 Å². The van der Waals surface area contributed by atoms with Crippen LogP contribution in [-0.4, -0.2) is 39.7 Å². The number of halogens is 1. The molecule has 0 heterocycles. The number of benzene rings is 2. The van der Waals surface area contributed by atoms with Gasteiger partial charge in [0.1, 0.15) is 0 Å². The summed E-state index contributed by atoms with van der Waals surface area (Å²) in [5, 5.41) is 12.9. The fraction of sp³-hybridized carbons (Fsp3) is 0.400. The molecule has 0 unspecified atom stereocenters.